The topological polar surface area (TPSA) is 104 Å². The number of aromatic nitrogens is 8. The van der Waals surface area contributed by atoms with Gasteiger partial charge in [-0.2, -0.15) is 4.80 Å². The molecule has 1 aliphatic carbocycles. The zero-order chi connectivity index (χ0) is 13.8. The molecule has 0 N–H and O–H groups in total. The molecule has 0 radical (unpaired) electrons. The van der Waals surface area contributed by atoms with E-state index in [-0.39, 0.29) is 5.92 Å². The highest BCUT2D eigenvalue weighted by Gasteiger charge is 2.30. The molecule has 0 aromatic carbocycles. The van der Waals surface area contributed by atoms with Gasteiger partial charge in [0, 0.05) is 5.41 Å². The van der Waals surface area contributed by atoms with Crippen LogP contribution in [0, 0.1) is 11.3 Å². The van der Waals surface area contributed by atoms with Crippen molar-refractivity contribution in [2.24, 2.45) is 11.3 Å². The van der Waals surface area contributed by atoms with Crippen LogP contribution in [0.15, 0.2) is 37.0 Å². The Balaban J connectivity index is 1.87. The van der Waals surface area contributed by atoms with E-state index in [0.717, 1.165) is 6.29 Å². The number of tetrazole rings is 2. The van der Waals surface area contributed by atoms with Crippen LogP contribution in [0.25, 0.3) is 0 Å². The summed E-state index contributed by atoms with van der Waals surface area (Å²) in [5, 5.41) is 22.7. The molecule has 0 unspecified atom stereocenters. The normalized spacial score (nSPS) is 24.9. The van der Waals surface area contributed by atoms with Gasteiger partial charge in [0.25, 0.3) is 0 Å². The Hall–Kier alpha value is -2.71. The third-order valence-electron chi connectivity index (χ3n) is 3.13. The van der Waals surface area contributed by atoms with E-state index in [0.29, 0.717) is 13.1 Å². The molecule has 3 rings (SSSR count). The zero-order valence-corrected chi connectivity index (χ0v) is 10.5. The first kappa shape index (κ1) is 12.3. The average molecular weight is 272 g/mol. The van der Waals surface area contributed by atoms with E-state index >= 15 is 0 Å². The number of carbonyl (C=O) groups is 1. The summed E-state index contributed by atoms with van der Waals surface area (Å²) in [6.45, 7) is 1.02. The van der Waals surface area contributed by atoms with E-state index in [9.17, 15) is 4.79 Å². The zero-order valence-electron chi connectivity index (χ0n) is 10.5. The first-order valence-corrected chi connectivity index (χ1v) is 6.05. The summed E-state index contributed by atoms with van der Waals surface area (Å²) >= 11 is 0. The number of aldehydes is 1. The largest absolute Gasteiger partial charge is 0.302 e. The van der Waals surface area contributed by atoms with Crippen LogP contribution in [0.2, 0.25) is 0 Å². The molecule has 9 heteroatoms. The highest BCUT2D eigenvalue weighted by Crippen LogP contribution is 2.30. The SMILES string of the molecule is O=CC1C=CC(Cn2cnnn2)(Cn2ncnn2)C=C1. The molecular formula is C11H12N8O. The van der Waals surface area contributed by atoms with Gasteiger partial charge < -0.3 is 4.79 Å². The standard InChI is InChI=1S/C11H12N8O/c20-5-10-1-3-11(4-2-10,6-18-9-13-15-17-18)7-19-14-8-12-16-19/h1-5,8-10H,6-7H2. The molecule has 20 heavy (non-hydrogen) atoms. The number of rotatable bonds is 5. The lowest BCUT2D eigenvalue weighted by Crippen LogP contribution is -2.31. The fourth-order valence-electron chi connectivity index (χ4n) is 2.16. The van der Waals surface area contributed by atoms with Crippen LogP contribution in [0.5, 0.6) is 0 Å². The molecule has 9 nitrogen and oxygen atoms in total. The smallest absolute Gasteiger partial charge is 0.162 e. The van der Waals surface area contributed by atoms with Crippen molar-refractivity contribution in [2.45, 2.75) is 13.1 Å². The second kappa shape index (κ2) is 5.11. The maximum atomic E-state index is 10.8. The van der Waals surface area contributed by atoms with E-state index in [2.05, 4.69) is 30.9 Å². The van der Waals surface area contributed by atoms with Gasteiger partial charge in [-0.3, -0.25) is 0 Å². The summed E-state index contributed by atoms with van der Waals surface area (Å²) in [4.78, 5) is 12.3. The minimum Gasteiger partial charge on any atom is -0.302 e. The quantitative estimate of drug-likeness (QED) is 0.523. The van der Waals surface area contributed by atoms with E-state index in [4.69, 9.17) is 0 Å². The Morgan fingerprint density at radius 2 is 2.00 bits per heavy atom. The molecule has 1 aliphatic rings. The Morgan fingerprint density at radius 1 is 1.15 bits per heavy atom. The van der Waals surface area contributed by atoms with Gasteiger partial charge in [-0.1, -0.05) is 24.3 Å². The Kier molecular flexibility index (Phi) is 3.15. The maximum absolute atomic E-state index is 10.8. The van der Waals surface area contributed by atoms with Gasteiger partial charge in [0.2, 0.25) is 0 Å². The predicted octanol–water partition coefficient (Wildman–Crippen LogP) is -0.713. The van der Waals surface area contributed by atoms with Gasteiger partial charge >= 0.3 is 0 Å². The molecule has 0 amide bonds. The Labute approximate surface area is 114 Å². The summed E-state index contributed by atoms with van der Waals surface area (Å²) in [6.07, 6.45) is 11.5. The van der Waals surface area contributed by atoms with Crippen molar-refractivity contribution in [1.82, 2.24) is 40.4 Å². The third kappa shape index (κ3) is 2.51. The molecular weight excluding hydrogens is 260 g/mol. The molecule has 2 aromatic rings. The number of allylic oxidation sites excluding steroid dienone is 4. The van der Waals surface area contributed by atoms with Crippen LogP contribution in [0.1, 0.15) is 0 Å². The molecule has 0 saturated heterocycles. The Bertz CT molecular complexity index is 563. The number of hydrogen-bond acceptors (Lipinski definition) is 7. The summed E-state index contributed by atoms with van der Waals surface area (Å²) < 4.78 is 1.63. The fourth-order valence-corrected chi connectivity index (χ4v) is 2.16. The summed E-state index contributed by atoms with van der Waals surface area (Å²) in [5.74, 6) is -0.194. The minimum absolute atomic E-state index is 0.194. The highest BCUT2D eigenvalue weighted by molar-refractivity contribution is 5.60. The lowest BCUT2D eigenvalue weighted by atomic mass is 9.81. The fraction of sp³-hybridized carbons (Fsp3) is 0.364. The van der Waals surface area contributed by atoms with Crippen LogP contribution >= 0.6 is 0 Å². The second-order valence-corrected chi connectivity index (χ2v) is 4.64. The van der Waals surface area contributed by atoms with Crippen LogP contribution in [-0.2, 0) is 17.9 Å². The van der Waals surface area contributed by atoms with Crippen LogP contribution in [-0.4, -0.2) is 46.7 Å². The van der Waals surface area contributed by atoms with Crippen LogP contribution in [0.4, 0.5) is 0 Å². The lowest BCUT2D eigenvalue weighted by Gasteiger charge is -2.28. The number of nitrogens with zero attached hydrogens (tertiary/aromatic N) is 8. The van der Waals surface area contributed by atoms with Gasteiger partial charge in [0.05, 0.1) is 19.0 Å². The predicted molar refractivity (Wildman–Crippen MR) is 65.9 cm³/mol. The van der Waals surface area contributed by atoms with Crippen molar-refractivity contribution in [3.05, 3.63) is 37.0 Å². The van der Waals surface area contributed by atoms with E-state index in [1.54, 1.807) is 11.0 Å². The monoisotopic (exact) mass is 272 g/mol. The van der Waals surface area contributed by atoms with Crippen LogP contribution in [0.3, 0.4) is 0 Å². The summed E-state index contributed by atoms with van der Waals surface area (Å²) in [7, 11) is 0. The second-order valence-electron chi connectivity index (χ2n) is 4.64. The van der Waals surface area contributed by atoms with Gasteiger partial charge in [-0.15, -0.1) is 15.3 Å². The Morgan fingerprint density at radius 3 is 2.60 bits per heavy atom. The molecule has 0 spiro atoms. The van der Waals surface area contributed by atoms with Crippen molar-refractivity contribution < 1.29 is 4.79 Å². The molecule has 0 aliphatic heterocycles. The number of carbonyl (C=O) groups excluding carboxylic acids is 1. The molecule has 2 heterocycles. The average Bonchev–Trinajstić information content (AvgIpc) is 3.13. The van der Waals surface area contributed by atoms with E-state index < -0.39 is 5.41 Å². The van der Waals surface area contributed by atoms with Crippen molar-refractivity contribution >= 4 is 6.29 Å². The minimum atomic E-state index is -0.393. The van der Waals surface area contributed by atoms with Gasteiger partial charge in [-0.25, -0.2) is 4.68 Å². The molecule has 2 aromatic heterocycles. The van der Waals surface area contributed by atoms with E-state index in [1.165, 1.54) is 11.1 Å². The van der Waals surface area contributed by atoms with Crippen molar-refractivity contribution in [3.63, 3.8) is 0 Å². The summed E-state index contributed by atoms with van der Waals surface area (Å²) in [5.41, 5.74) is -0.393. The lowest BCUT2D eigenvalue weighted by molar-refractivity contribution is -0.109. The van der Waals surface area contributed by atoms with E-state index in [1.807, 2.05) is 24.3 Å². The van der Waals surface area contributed by atoms with Crippen molar-refractivity contribution in [2.75, 3.05) is 0 Å². The van der Waals surface area contributed by atoms with Crippen molar-refractivity contribution in [1.29, 1.82) is 0 Å². The molecule has 0 atom stereocenters. The first-order chi connectivity index (χ1) is 9.80. The molecule has 0 saturated carbocycles. The number of hydrogen-bond donors (Lipinski definition) is 0. The molecule has 0 bridgehead atoms. The molecule has 0 fully saturated rings. The third-order valence-corrected chi connectivity index (χ3v) is 3.13. The highest BCUT2D eigenvalue weighted by atomic mass is 16.1. The van der Waals surface area contributed by atoms with Crippen LogP contribution < -0.4 is 0 Å². The summed E-state index contributed by atoms with van der Waals surface area (Å²) in [6, 6.07) is 0. The van der Waals surface area contributed by atoms with Crippen molar-refractivity contribution in [3.8, 4) is 0 Å². The first-order valence-electron chi connectivity index (χ1n) is 6.05. The van der Waals surface area contributed by atoms with Gasteiger partial charge in [0.1, 0.15) is 12.6 Å². The molecule has 102 valence electrons. The van der Waals surface area contributed by atoms with Gasteiger partial charge in [0.15, 0.2) is 6.33 Å². The van der Waals surface area contributed by atoms with Gasteiger partial charge in [-0.05, 0) is 15.6 Å². The maximum Gasteiger partial charge on any atom is 0.162 e.